The van der Waals surface area contributed by atoms with Crippen LogP contribution in [-0.4, -0.2) is 19.7 Å². The predicted molar refractivity (Wildman–Crippen MR) is 71.1 cm³/mol. The van der Waals surface area contributed by atoms with Gasteiger partial charge in [-0.3, -0.25) is 19.4 Å². The highest BCUT2D eigenvalue weighted by atomic mass is 32.2. The van der Waals surface area contributed by atoms with Gasteiger partial charge in [-0.05, 0) is 30.3 Å². The fraction of sp³-hybridized carbons (Fsp3) is 0.273. The van der Waals surface area contributed by atoms with E-state index in [9.17, 15) is 9.59 Å². The summed E-state index contributed by atoms with van der Waals surface area (Å²) in [7, 11) is 1.60. The smallest absolute Gasteiger partial charge is 0.324 e. The Kier molecular flexibility index (Phi) is 3.82. The zero-order valence-corrected chi connectivity index (χ0v) is 11.3. The molecule has 0 unspecified atom stereocenters. The topological polar surface area (TPSA) is 107 Å². The van der Waals surface area contributed by atoms with Crippen molar-refractivity contribution in [3.05, 3.63) is 44.6 Å². The number of aryl methyl sites for hydroxylation is 1. The van der Waals surface area contributed by atoms with E-state index in [0.717, 1.165) is 5.56 Å². The first-order chi connectivity index (χ1) is 8.97. The van der Waals surface area contributed by atoms with Crippen molar-refractivity contribution in [2.24, 2.45) is 12.8 Å². The van der Waals surface area contributed by atoms with E-state index in [1.54, 1.807) is 19.3 Å². The number of H-pyrrole nitrogens is 1. The minimum atomic E-state index is -0.812. The molecule has 2 aromatic rings. The van der Waals surface area contributed by atoms with Crippen LogP contribution in [0.3, 0.4) is 0 Å². The maximum Gasteiger partial charge on any atom is 0.339 e. The molecule has 1 atom stereocenters. The van der Waals surface area contributed by atoms with E-state index in [-0.39, 0.29) is 6.04 Å². The number of hydrogen-bond donors (Lipinski definition) is 2. The monoisotopic (exact) mass is 279 g/mol. The van der Waals surface area contributed by atoms with Crippen molar-refractivity contribution in [2.75, 3.05) is 0 Å². The van der Waals surface area contributed by atoms with Crippen molar-refractivity contribution in [1.29, 1.82) is 0 Å². The zero-order chi connectivity index (χ0) is 14.0. The third-order valence-corrected chi connectivity index (χ3v) is 3.43. The Morgan fingerprint density at radius 3 is 2.74 bits per heavy atom. The summed E-state index contributed by atoms with van der Waals surface area (Å²) in [5, 5.41) is 3.41. The highest BCUT2D eigenvalue weighted by molar-refractivity contribution is 7.99. The van der Waals surface area contributed by atoms with Gasteiger partial charge in [-0.15, -0.1) is 0 Å². The van der Waals surface area contributed by atoms with Crippen LogP contribution >= 0.6 is 11.8 Å². The molecule has 0 aliphatic rings. The molecule has 0 amide bonds. The van der Waals surface area contributed by atoms with Crippen molar-refractivity contribution < 1.29 is 0 Å². The molecule has 0 radical (unpaired) electrons. The average molecular weight is 279 g/mol. The average Bonchev–Trinajstić information content (AvgIpc) is 2.36. The molecule has 0 saturated carbocycles. The SMILES string of the molecule is C[C@@H](N)c1ccc(Sc2nc(=O)c(=O)[nH]n2C)nc1. The summed E-state index contributed by atoms with van der Waals surface area (Å²) in [5.74, 6) is 0. The van der Waals surface area contributed by atoms with Crippen LogP contribution in [0.15, 0.2) is 38.1 Å². The first kappa shape index (κ1) is 13.5. The third-order valence-electron chi connectivity index (χ3n) is 2.43. The molecule has 0 spiro atoms. The third kappa shape index (κ3) is 3.09. The predicted octanol–water partition coefficient (Wildman–Crippen LogP) is 0.0345. The maximum absolute atomic E-state index is 11.2. The molecule has 0 aliphatic carbocycles. The lowest BCUT2D eigenvalue weighted by Crippen LogP contribution is -2.33. The molecule has 0 fully saturated rings. The molecule has 0 bridgehead atoms. The summed E-state index contributed by atoms with van der Waals surface area (Å²) in [5.41, 5.74) is 5.10. The summed E-state index contributed by atoms with van der Waals surface area (Å²) in [4.78, 5) is 30.2. The van der Waals surface area contributed by atoms with Crippen LogP contribution < -0.4 is 16.9 Å². The van der Waals surface area contributed by atoms with Gasteiger partial charge in [0, 0.05) is 19.3 Å². The standard InChI is InChI=1S/C11H13N5O2S/c1-6(12)7-3-4-8(13-5-7)19-11-14-9(17)10(18)15-16(11)2/h3-6H,12H2,1-2H3,(H,15,18)/t6-/m1/s1. The number of hydrogen-bond acceptors (Lipinski definition) is 6. The lowest BCUT2D eigenvalue weighted by molar-refractivity contribution is 0.596. The molecular weight excluding hydrogens is 266 g/mol. The number of aromatic amines is 1. The summed E-state index contributed by atoms with van der Waals surface area (Å²) < 4.78 is 1.38. The molecule has 19 heavy (non-hydrogen) atoms. The maximum atomic E-state index is 11.2. The van der Waals surface area contributed by atoms with Gasteiger partial charge in [-0.25, -0.2) is 4.98 Å². The van der Waals surface area contributed by atoms with Gasteiger partial charge in [0.05, 0.1) is 0 Å². The van der Waals surface area contributed by atoms with E-state index in [0.29, 0.717) is 10.2 Å². The quantitative estimate of drug-likeness (QED) is 0.768. The molecule has 0 saturated heterocycles. The van der Waals surface area contributed by atoms with Crippen molar-refractivity contribution in [3.63, 3.8) is 0 Å². The van der Waals surface area contributed by atoms with Crippen LogP contribution in [0.25, 0.3) is 0 Å². The van der Waals surface area contributed by atoms with E-state index in [4.69, 9.17) is 5.73 Å². The van der Waals surface area contributed by atoms with E-state index >= 15 is 0 Å². The molecule has 2 aromatic heterocycles. The van der Waals surface area contributed by atoms with E-state index in [2.05, 4.69) is 15.1 Å². The van der Waals surface area contributed by atoms with E-state index in [1.807, 2.05) is 13.0 Å². The normalized spacial score (nSPS) is 12.4. The molecule has 0 aromatic carbocycles. The van der Waals surface area contributed by atoms with Crippen LogP contribution in [0.1, 0.15) is 18.5 Å². The Hall–Kier alpha value is -1.93. The lowest BCUT2D eigenvalue weighted by Gasteiger charge is -2.07. The van der Waals surface area contributed by atoms with Crippen LogP contribution in [0.4, 0.5) is 0 Å². The first-order valence-electron chi connectivity index (χ1n) is 5.54. The second-order valence-corrected chi connectivity index (χ2v) is 5.01. The van der Waals surface area contributed by atoms with Crippen molar-refractivity contribution in [3.8, 4) is 0 Å². The number of nitrogens with zero attached hydrogens (tertiary/aromatic N) is 3. The second-order valence-electron chi connectivity index (χ2n) is 4.02. The second kappa shape index (κ2) is 5.37. The molecular formula is C11H13N5O2S. The Labute approximate surface area is 112 Å². The van der Waals surface area contributed by atoms with Crippen molar-refractivity contribution in [1.82, 2.24) is 19.7 Å². The Balaban J connectivity index is 2.29. The minimum Gasteiger partial charge on any atom is -0.324 e. The molecule has 100 valence electrons. The van der Waals surface area contributed by atoms with Crippen molar-refractivity contribution in [2.45, 2.75) is 23.1 Å². The summed E-state index contributed by atoms with van der Waals surface area (Å²) in [6, 6.07) is 3.58. The van der Waals surface area contributed by atoms with Gasteiger partial charge in [0.15, 0.2) is 5.16 Å². The minimum absolute atomic E-state index is 0.0814. The Bertz CT molecular complexity index is 689. The fourth-order valence-corrected chi connectivity index (χ4v) is 2.11. The zero-order valence-electron chi connectivity index (χ0n) is 10.5. The van der Waals surface area contributed by atoms with Gasteiger partial charge in [0.1, 0.15) is 5.03 Å². The van der Waals surface area contributed by atoms with Crippen LogP contribution in [0.5, 0.6) is 0 Å². The molecule has 7 nitrogen and oxygen atoms in total. The molecule has 0 aliphatic heterocycles. The molecule has 2 heterocycles. The number of nitrogens with one attached hydrogen (secondary N) is 1. The lowest BCUT2D eigenvalue weighted by atomic mass is 10.2. The summed E-state index contributed by atoms with van der Waals surface area (Å²) in [6.45, 7) is 1.87. The number of pyridine rings is 1. The summed E-state index contributed by atoms with van der Waals surface area (Å²) >= 11 is 1.19. The van der Waals surface area contributed by atoms with Crippen LogP contribution in [-0.2, 0) is 7.05 Å². The van der Waals surface area contributed by atoms with Gasteiger partial charge >= 0.3 is 11.1 Å². The molecule has 2 rings (SSSR count). The van der Waals surface area contributed by atoms with Crippen LogP contribution in [0.2, 0.25) is 0 Å². The van der Waals surface area contributed by atoms with Gasteiger partial charge < -0.3 is 5.73 Å². The number of aromatic nitrogens is 4. The molecule has 3 N–H and O–H groups in total. The summed E-state index contributed by atoms with van der Waals surface area (Å²) in [6.07, 6.45) is 1.68. The first-order valence-corrected chi connectivity index (χ1v) is 6.36. The molecule has 8 heteroatoms. The van der Waals surface area contributed by atoms with E-state index in [1.165, 1.54) is 16.4 Å². The highest BCUT2D eigenvalue weighted by Gasteiger charge is 2.07. The van der Waals surface area contributed by atoms with Crippen LogP contribution in [0, 0.1) is 0 Å². The van der Waals surface area contributed by atoms with Gasteiger partial charge in [0.25, 0.3) is 0 Å². The fourth-order valence-electron chi connectivity index (χ4n) is 1.37. The Morgan fingerprint density at radius 2 is 2.16 bits per heavy atom. The van der Waals surface area contributed by atoms with E-state index < -0.39 is 11.1 Å². The number of rotatable bonds is 3. The largest absolute Gasteiger partial charge is 0.339 e. The van der Waals surface area contributed by atoms with Crippen molar-refractivity contribution >= 4 is 11.8 Å². The highest BCUT2D eigenvalue weighted by Crippen LogP contribution is 2.22. The number of nitrogens with two attached hydrogens (primary N) is 1. The van der Waals surface area contributed by atoms with Gasteiger partial charge in [-0.1, -0.05) is 6.07 Å². The van der Waals surface area contributed by atoms with Gasteiger partial charge in [0.2, 0.25) is 0 Å². The van der Waals surface area contributed by atoms with Gasteiger partial charge in [-0.2, -0.15) is 4.98 Å². The Morgan fingerprint density at radius 1 is 1.42 bits per heavy atom.